The zero-order valence-electron chi connectivity index (χ0n) is 20.7. The average molecular weight is 490 g/mol. The van der Waals surface area contributed by atoms with E-state index in [0.29, 0.717) is 24.3 Å². The van der Waals surface area contributed by atoms with Gasteiger partial charge in [0.1, 0.15) is 6.10 Å². The lowest BCUT2D eigenvalue weighted by atomic mass is 9.48. The topological polar surface area (TPSA) is 108 Å². The maximum atomic E-state index is 13.4. The van der Waals surface area contributed by atoms with Crippen LogP contribution in [0.5, 0.6) is 11.5 Å². The molecular weight excluding hydrogens is 454 g/mol. The number of benzene rings is 2. The summed E-state index contributed by atoms with van der Waals surface area (Å²) in [5.74, 6) is 0.945. The van der Waals surface area contributed by atoms with Gasteiger partial charge in [0.15, 0.2) is 11.5 Å². The third-order valence-electron chi connectivity index (χ3n) is 9.89. The summed E-state index contributed by atoms with van der Waals surface area (Å²) in [5, 5.41) is 26.6. The van der Waals surface area contributed by atoms with Crippen LogP contribution in [-0.2, 0) is 16.6 Å². The number of aromatic hydroxyl groups is 1. The third-order valence-corrected chi connectivity index (χ3v) is 9.89. The summed E-state index contributed by atoms with van der Waals surface area (Å²) >= 11 is 0. The molecule has 190 valence electrons. The number of carbonyl (C=O) groups is 1. The Kier molecular flexibility index (Phi) is 4.75. The second-order valence-electron chi connectivity index (χ2n) is 11.8. The molecule has 1 saturated heterocycles. The van der Waals surface area contributed by atoms with Gasteiger partial charge in [0.2, 0.25) is 5.91 Å². The number of aliphatic hydroxyl groups is 1. The van der Waals surface area contributed by atoms with E-state index < -0.39 is 17.1 Å². The summed E-state index contributed by atoms with van der Waals surface area (Å²) in [4.78, 5) is 15.9. The molecule has 2 saturated carbocycles. The highest BCUT2D eigenvalue weighted by Gasteiger charge is 2.73. The molecule has 5 aliphatic rings. The number of anilines is 1. The van der Waals surface area contributed by atoms with Crippen LogP contribution in [0.3, 0.4) is 0 Å². The third kappa shape index (κ3) is 2.96. The molecule has 0 radical (unpaired) electrons. The van der Waals surface area contributed by atoms with Gasteiger partial charge in [-0.1, -0.05) is 18.2 Å². The molecule has 0 aromatic heterocycles. The number of carbonyl (C=O) groups excluding carboxylic acids is 1. The summed E-state index contributed by atoms with van der Waals surface area (Å²) < 4.78 is 6.56. The van der Waals surface area contributed by atoms with Gasteiger partial charge in [-0.15, -0.1) is 0 Å². The number of phenols is 1. The first kappa shape index (κ1) is 22.4. The summed E-state index contributed by atoms with van der Waals surface area (Å²) in [7, 11) is 0. The van der Waals surface area contributed by atoms with Crippen molar-refractivity contribution in [2.24, 2.45) is 5.92 Å². The van der Waals surface area contributed by atoms with Crippen LogP contribution < -0.4 is 15.8 Å². The van der Waals surface area contributed by atoms with E-state index >= 15 is 0 Å². The number of likely N-dealkylation sites (tertiary alicyclic amines) is 1. The lowest BCUT2D eigenvalue weighted by Gasteiger charge is -2.64. The maximum absolute atomic E-state index is 13.4. The smallest absolute Gasteiger partial charge is 0.227 e. The zero-order chi connectivity index (χ0) is 24.8. The van der Waals surface area contributed by atoms with Gasteiger partial charge in [-0.2, -0.15) is 0 Å². The van der Waals surface area contributed by atoms with E-state index in [1.807, 2.05) is 37.3 Å². The molecule has 5 N–H and O–H groups in total. The Balaban J connectivity index is 1.25. The molecule has 2 aromatic carbocycles. The van der Waals surface area contributed by atoms with Crippen LogP contribution in [-0.4, -0.2) is 57.9 Å². The first-order valence-electron chi connectivity index (χ1n) is 13.5. The van der Waals surface area contributed by atoms with Crippen LogP contribution in [0.2, 0.25) is 0 Å². The normalized spacial score (nSPS) is 35.0. The standard InChI is InChI=1S/C29H35N3O4/c1-16(18-3-2-4-20(30)13-18)27(34)31-21-9-10-29(35)23-14-19-7-8-22(33)25-24(19)28(29,26(21)36-25)11-12-32(23)15-17-5-6-17/h2-4,7-8,13,16-17,21,23,26,33,35H,5-6,9-12,14-15,30H2,1H3,(H,31,34)/t16?,21?,23-,26?,28+,29-/m1/s1. The Morgan fingerprint density at radius 2 is 2.08 bits per heavy atom. The van der Waals surface area contributed by atoms with Gasteiger partial charge in [0.05, 0.1) is 23.0 Å². The highest BCUT2D eigenvalue weighted by atomic mass is 16.5. The van der Waals surface area contributed by atoms with Crippen LogP contribution in [0.1, 0.15) is 61.6 Å². The van der Waals surface area contributed by atoms with Crippen LogP contribution in [0, 0.1) is 5.92 Å². The molecule has 1 amide bonds. The van der Waals surface area contributed by atoms with E-state index in [2.05, 4.69) is 10.2 Å². The summed E-state index contributed by atoms with van der Waals surface area (Å²) in [6.45, 7) is 3.84. The van der Waals surface area contributed by atoms with Crippen molar-refractivity contribution >= 4 is 11.6 Å². The van der Waals surface area contributed by atoms with Gasteiger partial charge in [-0.05, 0) is 87.2 Å². The number of ether oxygens (including phenoxy) is 1. The van der Waals surface area contributed by atoms with E-state index in [-0.39, 0.29) is 29.7 Å². The predicted molar refractivity (Wildman–Crippen MR) is 136 cm³/mol. The lowest BCUT2D eigenvalue weighted by Crippen LogP contribution is -2.78. The molecular formula is C29H35N3O4. The van der Waals surface area contributed by atoms with Crippen LogP contribution in [0.25, 0.3) is 0 Å². The number of hydrogen-bond acceptors (Lipinski definition) is 6. The van der Waals surface area contributed by atoms with Crippen molar-refractivity contribution in [3.05, 3.63) is 53.1 Å². The van der Waals surface area contributed by atoms with E-state index in [0.717, 1.165) is 43.0 Å². The molecule has 2 aliphatic heterocycles. The molecule has 1 spiro atoms. The van der Waals surface area contributed by atoms with Crippen molar-refractivity contribution in [2.45, 2.75) is 80.6 Å². The highest BCUT2D eigenvalue weighted by molar-refractivity contribution is 5.84. The fourth-order valence-corrected chi connectivity index (χ4v) is 7.92. The fourth-order valence-electron chi connectivity index (χ4n) is 7.92. The largest absolute Gasteiger partial charge is 0.504 e. The van der Waals surface area contributed by atoms with Gasteiger partial charge in [0, 0.05) is 23.8 Å². The number of nitrogens with one attached hydrogen (secondary N) is 1. The monoisotopic (exact) mass is 489 g/mol. The average Bonchev–Trinajstić information content (AvgIpc) is 3.60. The molecule has 7 rings (SSSR count). The molecule has 2 aromatic rings. The number of phenolic OH excluding ortho intramolecular Hbond substituents is 1. The first-order chi connectivity index (χ1) is 17.3. The minimum absolute atomic E-state index is 0.0313. The summed E-state index contributed by atoms with van der Waals surface area (Å²) in [6.07, 6.45) is 4.92. The number of hydrogen-bond donors (Lipinski definition) is 4. The van der Waals surface area contributed by atoms with Gasteiger partial charge in [-0.25, -0.2) is 0 Å². The van der Waals surface area contributed by atoms with E-state index in [4.69, 9.17) is 10.5 Å². The van der Waals surface area contributed by atoms with Crippen LogP contribution in [0.4, 0.5) is 5.69 Å². The summed E-state index contributed by atoms with van der Waals surface area (Å²) in [6, 6.07) is 11.0. The van der Waals surface area contributed by atoms with Crippen molar-refractivity contribution in [2.75, 3.05) is 18.8 Å². The fraction of sp³-hybridized carbons (Fsp3) is 0.552. The molecule has 36 heavy (non-hydrogen) atoms. The van der Waals surface area contributed by atoms with Crippen molar-refractivity contribution < 1.29 is 19.7 Å². The van der Waals surface area contributed by atoms with Crippen molar-refractivity contribution in [1.29, 1.82) is 0 Å². The maximum Gasteiger partial charge on any atom is 0.227 e. The molecule has 2 bridgehead atoms. The van der Waals surface area contributed by atoms with Gasteiger partial charge in [-0.3, -0.25) is 9.69 Å². The van der Waals surface area contributed by atoms with E-state index in [9.17, 15) is 15.0 Å². The summed E-state index contributed by atoms with van der Waals surface area (Å²) in [5.41, 5.74) is 8.05. The molecule has 6 atom stereocenters. The molecule has 7 nitrogen and oxygen atoms in total. The van der Waals surface area contributed by atoms with Crippen molar-refractivity contribution in [1.82, 2.24) is 10.2 Å². The van der Waals surface area contributed by atoms with Crippen molar-refractivity contribution in [3.63, 3.8) is 0 Å². The van der Waals surface area contributed by atoms with Gasteiger partial charge in [0.25, 0.3) is 0 Å². The number of amides is 1. The van der Waals surface area contributed by atoms with Crippen molar-refractivity contribution in [3.8, 4) is 11.5 Å². The van der Waals surface area contributed by atoms with Crippen LogP contribution >= 0.6 is 0 Å². The van der Waals surface area contributed by atoms with Crippen LogP contribution in [0.15, 0.2) is 36.4 Å². The molecule has 2 heterocycles. The predicted octanol–water partition coefficient (Wildman–Crippen LogP) is 2.83. The second-order valence-corrected chi connectivity index (χ2v) is 11.8. The molecule has 7 heteroatoms. The number of nitrogens with zero attached hydrogens (tertiary/aromatic N) is 1. The number of nitrogen functional groups attached to an aromatic ring is 1. The molecule has 3 fully saturated rings. The van der Waals surface area contributed by atoms with Gasteiger partial charge >= 0.3 is 0 Å². The quantitative estimate of drug-likeness (QED) is 0.481. The Morgan fingerprint density at radius 3 is 2.86 bits per heavy atom. The minimum Gasteiger partial charge on any atom is -0.504 e. The van der Waals surface area contributed by atoms with Gasteiger partial charge < -0.3 is 26.0 Å². The Morgan fingerprint density at radius 1 is 1.25 bits per heavy atom. The minimum atomic E-state index is -0.947. The number of piperidine rings is 1. The van der Waals surface area contributed by atoms with E-state index in [1.54, 1.807) is 6.07 Å². The van der Waals surface area contributed by atoms with E-state index in [1.165, 1.54) is 18.4 Å². The number of nitrogens with two attached hydrogens (primary N) is 1. The number of rotatable bonds is 5. The highest BCUT2D eigenvalue weighted by Crippen LogP contribution is 2.65. The Hall–Kier alpha value is -2.77. The second kappa shape index (κ2) is 7.62. The zero-order valence-corrected chi connectivity index (χ0v) is 20.7. The molecule has 3 aliphatic carbocycles. The SMILES string of the molecule is CC(C(=O)NC1CC[C@@]2(O)[C@H]3Cc4ccc(O)c5c4[C@@]2(CCN3CC2CC2)C1O5)c1cccc(N)c1. The first-order valence-corrected chi connectivity index (χ1v) is 13.5. The Labute approximate surface area is 211 Å². The lowest BCUT2D eigenvalue weighted by molar-refractivity contribution is -0.192. The Bertz CT molecular complexity index is 1250. The molecule has 3 unspecified atom stereocenters.